The molecule has 17 heavy (non-hydrogen) atoms. The molecule has 0 N–H and O–H groups in total. The van der Waals surface area contributed by atoms with E-state index in [-0.39, 0.29) is 0 Å². The van der Waals surface area contributed by atoms with Crippen LogP contribution in [0.25, 0.3) is 0 Å². The number of hydrogen-bond acceptors (Lipinski definition) is 1. The molecule has 0 aromatic heterocycles. The molecule has 0 saturated carbocycles. The number of piperidine rings is 1. The SMILES string of the molecule is C/C=C(\CCCCCCCC)N1CCCCC1. The zero-order valence-electron chi connectivity index (χ0n) is 12.0. The smallest absolute Gasteiger partial charge is 0.0174 e. The van der Waals surface area contributed by atoms with Crippen LogP contribution >= 0.6 is 0 Å². The lowest BCUT2D eigenvalue weighted by Gasteiger charge is -2.31. The first-order valence-electron chi connectivity index (χ1n) is 7.78. The molecule has 0 radical (unpaired) electrons. The molecule has 0 aromatic carbocycles. The third kappa shape index (κ3) is 6.14. The summed E-state index contributed by atoms with van der Waals surface area (Å²) in [4.78, 5) is 2.62. The van der Waals surface area contributed by atoms with Crippen LogP contribution in [0.5, 0.6) is 0 Å². The van der Waals surface area contributed by atoms with Gasteiger partial charge in [0.1, 0.15) is 0 Å². The molecule has 0 aliphatic carbocycles. The Balaban J connectivity index is 2.10. The van der Waals surface area contributed by atoms with Crippen molar-refractivity contribution in [3.63, 3.8) is 0 Å². The first-order chi connectivity index (χ1) is 8.38. The second-order valence-corrected chi connectivity index (χ2v) is 5.35. The van der Waals surface area contributed by atoms with Crippen molar-refractivity contribution in [3.8, 4) is 0 Å². The highest BCUT2D eigenvalue weighted by molar-refractivity contribution is 5.00. The zero-order valence-corrected chi connectivity index (χ0v) is 12.0. The van der Waals surface area contributed by atoms with E-state index >= 15 is 0 Å². The molecule has 1 heterocycles. The molecular weight excluding hydrogens is 206 g/mol. The Hall–Kier alpha value is -0.460. The highest BCUT2D eigenvalue weighted by atomic mass is 15.1. The Bertz CT molecular complexity index is 202. The summed E-state index contributed by atoms with van der Waals surface area (Å²) >= 11 is 0. The maximum atomic E-state index is 2.62. The maximum absolute atomic E-state index is 2.62. The molecule has 0 unspecified atom stereocenters. The fourth-order valence-electron chi connectivity index (χ4n) is 2.75. The molecule has 1 fully saturated rings. The van der Waals surface area contributed by atoms with Crippen LogP contribution in [0.15, 0.2) is 11.8 Å². The fraction of sp³-hybridized carbons (Fsp3) is 0.875. The zero-order chi connectivity index (χ0) is 12.3. The quantitative estimate of drug-likeness (QED) is 0.529. The molecule has 1 nitrogen and oxygen atoms in total. The van der Waals surface area contributed by atoms with E-state index in [1.54, 1.807) is 5.70 Å². The van der Waals surface area contributed by atoms with Gasteiger partial charge in [-0.15, -0.1) is 0 Å². The van der Waals surface area contributed by atoms with E-state index in [0.29, 0.717) is 0 Å². The van der Waals surface area contributed by atoms with Crippen LogP contribution in [0.3, 0.4) is 0 Å². The third-order valence-corrected chi connectivity index (χ3v) is 3.88. The van der Waals surface area contributed by atoms with Gasteiger partial charge in [0.2, 0.25) is 0 Å². The summed E-state index contributed by atoms with van der Waals surface area (Å²) in [6, 6.07) is 0. The molecule has 0 bridgehead atoms. The average molecular weight is 237 g/mol. The van der Waals surface area contributed by atoms with Gasteiger partial charge in [-0.1, -0.05) is 45.1 Å². The Labute approximate surface area is 108 Å². The minimum absolute atomic E-state index is 1.30. The predicted octanol–water partition coefficient (Wildman–Crippen LogP) is 5.13. The molecule has 1 saturated heterocycles. The third-order valence-electron chi connectivity index (χ3n) is 3.88. The number of nitrogens with zero attached hydrogens (tertiary/aromatic N) is 1. The van der Waals surface area contributed by atoms with E-state index in [1.807, 2.05) is 0 Å². The molecule has 1 aliphatic rings. The Morgan fingerprint density at radius 1 is 0.941 bits per heavy atom. The molecule has 1 aliphatic heterocycles. The van der Waals surface area contributed by atoms with Crippen molar-refractivity contribution in [1.82, 2.24) is 4.90 Å². The van der Waals surface area contributed by atoms with Crippen molar-refractivity contribution in [2.75, 3.05) is 13.1 Å². The summed E-state index contributed by atoms with van der Waals surface area (Å²) < 4.78 is 0. The Kier molecular flexibility index (Phi) is 8.21. The van der Waals surface area contributed by atoms with Crippen molar-refractivity contribution in [3.05, 3.63) is 11.8 Å². The summed E-state index contributed by atoms with van der Waals surface area (Å²) in [5.41, 5.74) is 1.61. The summed E-state index contributed by atoms with van der Waals surface area (Å²) in [5.74, 6) is 0. The van der Waals surface area contributed by atoms with E-state index in [2.05, 4.69) is 24.8 Å². The predicted molar refractivity (Wildman–Crippen MR) is 77.2 cm³/mol. The molecule has 1 heteroatoms. The molecule has 1 rings (SSSR count). The number of rotatable bonds is 8. The van der Waals surface area contributed by atoms with E-state index in [9.17, 15) is 0 Å². The van der Waals surface area contributed by atoms with Gasteiger partial charge in [-0.05, 0) is 39.0 Å². The van der Waals surface area contributed by atoms with Crippen LogP contribution in [0.2, 0.25) is 0 Å². The molecule has 0 spiro atoms. The van der Waals surface area contributed by atoms with Gasteiger partial charge in [0.15, 0.2) is 0 Å². The maximum Gasteiger partial charge on any atom is 0.0174 e. The standard InChI is InChI=1S/C16H31N/c1-3-5-6-7-8-10-13-16(4-2)17-14-11-9-12-15-17/h4H,3,5-15H2,1-2H3/b16-4+. The highest BCUT2D eigenvalue weighted by Gasteiger charge is 2.11. The summed E-state index contributed by atoms with van der Waals surface area (Å²) in [6.45, 7) is 7.10. The average Bonchev–Trinajstić information content (AvgIpc) is 2.39. The van der Waals surface area contributed by atoms with E-state index in [0.717, 1.165) is 0 Å². The van der Waals surface area contributed by atoms with Crippen LogP contribution in [0.1, 0.15) is 78.1 Å². The minimum atomic E-state index is 1.30. The number of allylic oxidation sites excluding steroid dienone is 2. The highest BCUT2D eigenvalue weighted by Crippen LogP contribution is 2.19. The Morgan fingerprint density at radius 2 is 1.59 bits per heavy atom. The second kappa shape index (κ2) is 9.56. The van der Waals surface area contributed by atoms with Gasteiger partial charge < -0.3 is 4.90 Å². The van der Waals surface area contributed by atoms with Crippen LogP contribution in [0, 0.1) is 0 Å². The largest absolute Gasteiger partial charge is 0.375 e. The van der Waals surface area contributed by atoms with Gasteiger partial charge >= 0.3 is 0 Å². The van der Waals surface area contributed by atoms with Gasteiger partial charge in [-0.25, -0.2) is 0 Å². The van der Waals surface area contributed by atoms with E-state index < -0.39 is 0 Å². The number of hydrogen-bond donors (Lipinski definition) is 0. The minimum Gasteiger partial charge on any atom is -0.375 e. The lowest BCUT2D eigenvalue weighted by molar-refractivity contribution is 0.274. The fourth-order valence-corrected chi connectivity index (χ4v) is 2.75. The van der Waals surface area contributed by atoms with Gasteiger partial charge in [0.25, 0.3) is 0 Å². The number of unbranched alkanes of at least 4 members (excludes halogenated alkanes) is 5. The van der Waals surface area contributed by atoms with Crippen molar-refractivity contribution < 1.29 is 0 Å². The van der Waals surface area contributed by atoms with Gasteiger partial charge in [-0.3, -0.25) is 0 Å². The van der Waals surface area contributed by atoms with E-state index in [4.69, 9.17) is 0 Å². The van der Waals surface area contributed by atoms with Crippen LogP contribution < -0.4 is 0 Å². The topological polar surface area (TPSA) is 3.24 Å². The van der Waals surface area contributed by atoms with Gasteiger partial charge in [-0.2, -0.15) is 0 Å². The summed E-state index contributed by atoms with van der Waals surface area (Å²) in [5, 5.41) is 0. The monoisotopic (exact) mass is 237 g/mol. The van der Waals surface area contributed by atoms with Crippen LogP contribution in [-0.4, -0.2) is 18.0 Å². The van der Waals surface area contributed by atoms with Crippen molar-refractivity contribution in [1.29, 1.82) is 0 Å². The second-order valence-electron chi connectivity index (χ2n) is 5.35. The van der Waals surface area contributed by atoms with Crippen molar-refractivity contribution in [2.24, 2.45) is 0 Å². The Morgan fingerprint density at radius 3 is 2.24 bits per heavy atom. The van der Waals surface area contributed by atoms with Gasteiger partial charge in [0, 0.05) is 18.8 Å². The molecule has 0 aromatic rings. The normalized spacial score (nSPS) is 17.5. The van der Waals surface area contributed by atoms with Crippen molar-refractivity contribution in [2.45, 2.75) is 78.1 Å². The molecule has 100 valence electrons. The first kappa shape index (κ1) is 14.6. The molecular formula is C16H31N. The number of likely N-dealkylation sites (tertiary alicyclic amines) is 1. The van der Waals surface area contributed by atoms with Gasteiger partial charge in [0.05, 0.1) is 0 Å². The van der Waals surface area contributed by atoms with Crippen molar-refractivity contribution >= 4 is 0 Å². The summed E-state index contributed by atoms with van der Waals surface area (Å²) in [6.07, 6.45) is 16.3. The lowest BCUT2D eigenvalue weighted by atomic mass is 10.1. The first-order valence-corrected chi connectivity index (χ1v) is 7.78. The van der Waals surface area contributed by atoms with Crippen LogP contribution in [0.4, 0.5) is 0 Å². The molecule has 0 atom stereocenters. The lowest BCUT2D eigenvalue weighted by Crippen LogP contribution is -2.29. The van der Waals surface area contributed by atoms with Crippen LogP contribution in [-0.2, 0) is 0 Å². The summed E-state index contributed by atoms with van der Waals surface area (Å²) in [7, 11) is 0. The molecule has 0 amide bonds. The van der Waals surface area contributed by atoms with E-state index in [1.165, 1.54) is 77.3 Å².